The van der Waals surface area contributed by atoms with Crippen molar-refractivity contribution >= 4 is 0 Å². The van der Waals surface area contributed by atoms with Crippen LogP contribution in [0.2, 0.25) is 0 Å². The molecule has 1 unspecified atom stereocenters. The van der Waals surface area contributed by atoms with Gasteiger partial charge in [0.25, 0.3) is 0 Å². The highest BCUT2D eigenvalue weighted by atomic mass is 15.3. The number of nitrogens with two attached hydrogens (primary N) is 1. The first-order valence-corrected chi connectivity index (χ1v) is 8.24. The zero-order valence-electron chi connectivity index (χ0n) is 12.8. The Morgan fingerprint density at radius 3 is 2.26 bits per heavy atom. The van der Waals surface area contributed by atoms with Gasteiger partial charge in [-0.3, -0.25) is 9.80 Å². The van der Waals surface area contributed by atoms with Crippen molar-refractivity contribution in [2.45, 2.75) is 64.0 Å². The Morgan fingerprint density at radius 2 is 1.74 bits per heavy atom. The number of hydrogen-bond donors (Lipinski definition) is 1. The number of piperazine rings is 1. The van der Waals surface area contributed by atoms with Gasteiger partial charge in [0.05, 0.1) is 0 Å². The van der Waals surface area contributed by atoms with Gasteiger partial charge in [0, 0.05) is 44.3 Å². The molecule has 110 valence electrons. The fourth-order valence-corrected chi connectivity index (χ4v) is 4.54. The van der Waals surface area contributed by atoms with Gasteiger partial charge in [-0.25, -0.2) is 0 Å². The van der Waals surface area contributed by atoms with E-state index >= 15 is 0 Å². The van der Waals surface area contributed by atoms with E-state index in [1.807, 2.05) is 0 Å². The van der Waals surface area contributed by atoms with E-state index in [0.29, 0.717) is 11.0 Å². The molecule has 0 spiro atoms. The lowest BCUT2D eigenvalue weighted by molar-refractivity contribution is -0.0205. The minimum Gasteiger partial charge on any atom is -0.329 e. The second kappa shape index (κ2) is 5.01. The molecule has 2 aliphatic carbocycles. The maximum atomic E-state index is 6.24. The van der Waals surface area contributed by atoms with Crippen molar-refractivity contribution in [1.82, 2.24) is 9.80 Å². The molecule has 1 heterocycles. The number of nitrogens with zero attached hydrogens (tertiary/aromatic N) is 2. The first kappa shape index (κ1) is 13.8. The summed E-state index contributed by atoms with van der Waals surface area (Å²) in [5, 5.41) is 0. The smallest absolute Gasteiger partial charge is 0.0337 e. The van der Waals surface area contributed by atoms with Gasteiger partial charge in [0.15, 0.2) is 0 Å². The van der Waals surface area contributed by atoms with Crippen LogP contribution in [0, 0.1) is 5.41 Å². The SMILES string of the molecule is CC1(C)CCCC(CN)(N2CCN(C3CC3)CC2)C1. The Labute approximate surface area is 118 Å². The van der Waals surface area contributed by atoms with E-state index in [-0.39, 0.29) is 0 Å². The molecule has 3 fully saturated rings. The van der Waals surface area contributed by atoms with E-state index in [4.69, 9.17) is 5.73 Å². The first-order chi connectivity index (χ1) is 9.05. The standard InChI is InChI=1S/C16H31N3/c1-15(2)6-3-7-16(12-15,13-17)19-10-8-18(9-11-19)14-4-5-14/h14H,3-13,17H2,1-2H3. The molecule has 0 aromatic carbocycles. The van der Waals surface area contributed by atoms with Crippen LogP contribution < -0.4 is 5.73 Å². The summed E-state index contributed by atoms with van der Waals surface area (Å²) in [4.78, 5) is 5.45. The summed E-state index contributed by atoms with van der Waals surface area (Å²) in [5.74, 6) is 0. The molecule has 3 rings (SSSR count). The molecule has 3 heteroatoms. The molecule has 0 bridgehead atoms. The predicted octanol–water partition coefficient (Wildman–Crippen LogP) is 2.06. The summed E-state index contributed by atoms with van der Waals surface area (Å²) in [6, 6.07) is 0.929. The molecule has 2 saturated carbocycles. The highest BCUT2D eigenvalue weighted by Crippen LogP contribution is 2.44. The number of hydrogen-bond acceptors (Lipinski definition) is 3. The zero-order valence-corrected chi connectivity index (χ0v) is 12.8. The van der Waals surface area contributed by atoms with Crippen LogP contribution in [0.5, 0.6) is 0 Å². The molecule has 2 N–H and O–H groups in total. The lowest BCUT2D eigenvalue weighted by Gasteiger charge is -2.53. The van der Waals surface area contributed by atoms with E-state index < -0.39 is 0 Å². The molecule has 0 amide bonds. The van der Waals surface area contributed by atoms with E-state index in [9.17, 15) is 0 Å². The van der Waals surface area contributed by atoms with Crippen LogP contribution in [0.3, 0.4) is 0 Å². The van der Waals surface area contributed by atoms with Gasteiger partial charge in [-0.15, -0.1) is 0 Å². The lowest BCUT2D eigenvalue weighted by atomic mass is 9.67. The normalized spacial score (nSPS) is 37.4. The van der Waals surface area contributed by atoms with Crippen molar-refractivity contribution in [3.05, 3.63) is 0 Å². The van der Waals surface area contributed by atoms with Gasteiger partial charge in [-0.05, 0) is 37.5 Å². The van der Waals surface area contributed by atoms with E-state index in [1.54, 1.807) is 0 Å². The molecule has 3 aliphatic rings. The van der Waals surface area contributed by atoms with Gasteiger partial charge in [0.1, 0.15) is 0 Å². The average Bonchev–Trinajstić information content (AvgIpc) is 3.22. The summed E-state index contributed by atoms with van der Waals surface area (Å²) in [7, 11) is 0. The highest BCUT2D eigenvalue weighted by Gasteiger charge is 2.44. The third-order valence-corrected chi connectivity index (χ3v) is 5.73. The van der Waals surface area contributed by atoms with Gasteiger partial charge in [-0.2, -0.15) is 0 Å². The summed E-state index contributed by atoms with van der Waals surface area (Å²) in [5.41, 5.74) is 7.02. The summed E-state index contributed by atoms with van der Waals surface area (Å²) >= 11 is 0. The molecule has 19 heavy (non-hydrogen) atoms. The molecular weight excluding hydrogens is 234 g/mol. The van der Waals surface area contributed by atoms with Crippen molar-refractivity contribution in [1.29, 1.82) is 0 Å². The van der Waals surface area contributed by atoms with Crippen LogP contribution in [0.1, 0.15) is 52.4 Å². The third kappa shape index (κ3) is 2.84. The van der Waals surface area contributed by atoms with E-state index in [0.717, 1.165) is 12.6 Å². The maximum absolute atomic E-state index is 6.24. The summed E-state index contributed by atoms with van der Waals surface area (Å²) in [6.45, 7) is 10.7. The number of rotatable bonds is 3. The Hall–Kier alpha value is -0.120. The fourth-order valence-electron chi connectivity index (χ4n) is 4.54. The van der Waals surface area contributed by atoms with Crippen molar-refractivity contribution in [2.24, 2.45) is 11.1 Å². The van der Waals surface area contributed by atoms with Crippen molar-refractivity contribution < 1.29 is 0 Å². The van der Waals surface area contributed by atoms with Crippen LogP contribution in [0.15, 0.2) is 0 Å². The maximum Gasteiger partial charge on any atom is 0.0337 e. The quantitative estimate of drug-likeness (QED) is 0.848. The molecule has 1 atom stereocenters. The van der Waals surface area contributed by atoms with Crippen molar-refractivity contribution in [3.8, 4) is 0 Å². The van der Waals surface area contributed by atoms with E-state index in [2.05, 4.69) is 23.6 Å². The minimum absolute atomic E-state index is 0.303. The second-order valence-electron chi connectivity index (χ2n) is 7.88. The summed E-state index contributed by atoms with van der Waals surface area (Å²) in [6.07, 6.45) is 8.21. The monoisotopic (exact) mass is 265 g/mol. The first-order valence-electron chi connectivity index (χ1n) is 8.24. The van der Waals surface area contributed by atoms with Crippen molar-refractivity contribution in [3.63, 3.8) is 0 Å². The van der Waals surface area contributed by atoms with Crippen LogP contribution in [0.25, 0.3) is 0 Å². The topological polar surface area (TPSA) is 32.5 Å². The molecule has 3 nitrogen and oxygen atoms in total. The van der Waals surface area contributed by atoms with Crippen LogP contribution in [-0.2, 0) is 0 Å². The second-order valence-corrected chi connectivity index (χ2v) is 7.88. The Balaban J connectivity index is 1.65. The largest absolute Gasteiger partial charge is 0.329 e. The van der Waals surface area contributed by atoms with Crippen LogP contribution in [0.4, 0.5) is 0 Å². The Morgan fingerprint density at radius 1 is 1.05 bits per heavy atom. The average molecular weight is 265 g/mol. The van der Waals surface area contributed by atoms with Crippen LogP contribution in [-0.4, -0.2) is 54.1 Å². The van der Waals surface area contributed by atoms with E-state index in [1.165, 1.54) is 64.7 Å². The summed E-state index contributed by atoms with van der Waals surface area (Å²) < 4.78 is 0. The molecular formula is C16H31N3. The molecule has 0 aromatic rings. The molecule has 1 aliphatic heterocycles. The van der Waals surface area contributed by atoms with Gasteiger partial charge in [0.2, 0.25) is 0 Å². The Kier molecular flexibility index (Phi) is 3.65. The molecule has 0 aromatic heterocycles. The Bertz CT molecular complexity index is 316. The zero-order chi connectivity index (χ0) is 13.5. The van der Waals surface area contributed by atoms with Gasteiger partial charge in [-0.1, -0.05) is 20.3 Å². The van der Waals surface area contributed by atoms with Crippen LogP contribution >= 0.6 is 0 Å². The lowest BCUT2D eigenvalue weighted by Crippen LogP contribution is -2.62. The fraction of sp³-hybridized carbons (Fsp3) is 1.00. The van der Waals surface area contributed by atoms with Crippen molar-refractivity contribution in [2.75, 3.05) is 32.7 Å². The van der Waals surface area contributed by atoms with Gasteiger partial charge < -0.3 is 5.73 Å². The molecule has 1 saturated heterocycles. The van der Waals surface area contributed by atoms with Gasteiger partial charge >= 0.3 is 0 Å². The highest BCUT2D eigenvalue weighted by molar-refractivity contribution is 5.01. The third-order valence-electron chi connectivity index (χ3n) is 5.73. The minimum atomic E-state index is 0.303. The predicted molar refractivity (Wildman–Crippen MR) is 80.2 cm³/mol. The molecule has 0 radical (unpaired) electrons.